The number of hydrogen-bond donors (Lipinski definition) is 1. The van der Waals surface area contributed by atoms with Crippen LogP contribution in [0.1, 0.15) is 39.5 Å². The third-order valence-electron chi connectivity index (χ3n) is 5.04. The lowest BCUT2D eigenvalue weighted by atomic mass is 9.83. The van der Waals surface area contributed by atoms with Gasteiger partial charge in [0.05, 0.1) is 25.9 Å². The summed E-state index contributed by atoms with van der Waals surface area (Å²) in [5, 5.41) is 3.52. The molecule has 28 heavy (non-hydrogen) atoms. The van der Waals surface area contributed by atoms with Crippen LogP contribution in [0.2, 0.25) is 0 Å². The summed E-state index contributed by atoms with van der Waals surface area (Å²) < 4.78 is 17.4. The number of pyridine rings is 1. The quantitative estimate of drug-likeness (QED) is 0.654. The monoisotopic (exact) mass is 405 g/mol. The molecule has 2 aliphatic rings. The van der Waals surface area contributed by atoms with E-state index in [0.717, 1.165) is 29.8 Å². The topological polar surface area (TPSA) is 82.6 Å². The van der Waals surface area contributed by atoms with Crippen LogP contribution in [-0.2, 0) is 9.53 Å². The average molecular weight is 406 g/mol. The Morgan fingerprint density at radius 1 is 1.21 bits per heavy atom. The number of fused-ring (bicyclic) bond motifs is 1. The van der Waals surface area contributed by atoms with Gasteiger partial charge < -0.3 is 19.5 Å². The number of aromatic nitrogens is 2. The lowest BCUT2D eigenvalue weighted by Crippen LogP contribution is -2.40. The molecule has 4 rings (SSSR count). The Kier molecular flexibility index (Phi) is 5.96. The molecule has 1 amide bonds. The Morgan fingerprint density at radius 3 is 2.75 bits per heavy atom. The zero-order chi connectivity index (χ0) is 19.5. The fourth-order valence-corrected chi connectivity index (χ4v) is 4.01. The highest BCUT2D eigenvalue weighted by atomic mass is 32.1. The van der Waals surface area contributed by atoms with Crippen LogP contribution in [0.3, 0.4) is 0 Å². The van der Waals surface area contributed by atoms with E-state index in [9.17, 15) is 4.79 Å². The molecule has 152 valence electrons. The van der Waals surface area contributed by atoms with E-state index in [0.29, 0.717) is 36.1 Å². The highest BCUT2D eigenvalue weighted by Crippen LogP contribution is 2.33. The molecule has 0 radical (unpaired) electrons. The number of nitrogens with one attached hydrogen (secondary N) is 1. The van der Waals surface area contributed by atoms with Crippen molar-refractivity contribution in [1.29, 1.82) is 0 Å². The van der Waals surface area contributed by atoms with Crippen molar-refractivity contribution in [1.82, 2.24) is 15.3 Å². The standard InChI is InChI=1S/C20H27N3O4S/c1-12(21-13(2)24)9-25-16-7-15(8-16)11-26-18-6-5-17-19(23-18)28-20(22-17)27-10-14-3-4-14/h5-6,12,14-16H,3-4,7-11H2,1-2H3,(H,21,24)/t12-,15-,16-/m0/s1. The first-order valence-corrected chi connectivity index (χ1v) is 10.8. The molecule has 1 N–H and O–H groups in total. The fraction of sp³-hybridized carbons (Fsp3) is 0.650. The summed E-state index contributed by atoms with van der Waals surface area (Å²) in [7, 11) is 0. The molecule has 1 atom stereocenters. The Bertz CT molecular complexity index is 817. The van der Waals surface area contributed by atoms with E-state index < -0.39 is 0 Å². The number of carbonyl (C=O) groups excluding carboxylic acids is 1. The number of nitrogens with zero attached hydrogens (tertiary/aromatic N) is 2. The van der Waals surface area contributed by atoms with E-state index in [1.54, 1.807) is 0 Å². The van der Waals surface area contributed by atoms with Crippen LogP contribution in [0.25, 0.3) is 10.3 Å². The van der Waals surface area contributed by atoms with E-state index in [-0.39, 0.29) is 18.1 Å². The first-order valence-electron chi connectivity index (χ1n) is 9.97. The van der Waals surface area contributed by atoms with Crippen molar-refractivity contribution in [2.45, 2.75) is 51.7 Å². The minimum atomic E-state index is -0.0250. The Labute approximate surface area is 168 Å². The van der Waals surface area contributed by atoms with Crippen molar-refractivity contribution in [3.8, 4) is 11.1 Å². The van der Waals surface area contributed by atoms with Crippen LogP contribution in [0.5, 0.6) is 11.1 Å². The summed E-state index contributed by atoms with van der Waals surface area (Å²) in [4.78, 5) is 20.9. The van der Waals surface area contributed by atoms with Gasteiger partial charge in [0.1, 0.15) is 5.52 Å². The minimum absolute atomic E-state index is 0.0250. The molecule has 2 fully saturated rings. The van der Waals surface area contributed by atoms with Crippen LogP contribution in [0, 0.1) is 11.8 Å². The smallest absolute Gasteiger partial charge is 0.275 e. The molecule has 2 aliphatic carbocycles. The highest BCUT2D eigenvalue weighted by Gasteiger charge is 2.31. The van der Waals surface area contributed by atoms with Gasteiger partial charge in [-0.2, -0.15) is 0 Å². The van der Waals surface area contributed by atoms with Gasteiger partial charge in [-0.15, -0.1) is 0 Å². The van der Waals surface area contributed by atoms with Gasteiger partial charge in [-0.3, -0.25) is 4.79 Å². The van der Waals surface area contributed by atoms with E-state index in [4.69, 9.17) is 14.2 Å². The molecule has 8 heteroatoms. The summed E-state index contributed by atoms with van der Waals surface area (Å²) in [6.07, 6.45) is 4.75. The molecule has 2 aromatic heterocycles. The van der Waals surface area contributed by atoms with Gasteiger partial charge >= 0.3 is 0 Å². The van der Waals surface area contributed by atoms with Crippen molar-refractivity contribution in [2.24, 2.45) is 11.8 Å². The van der Waals surface area contributed by atoms with Crippen molar-refractivity contribution in [3.05, 3.63) is 12.1 Å². The summed E-state index contributed by atoms with van der Waals surface area (Å²) >= 11 is 1.47. The average Bonchev–Trinajstić information content (AvgIpc) is 3.35. The maximum absolute atomic E-state index is 11.0. The number of hydrogen-bond acceptors (Lipinski definition) is 7. The zero-order valence-corrected chi connectivity index (χ0v) is 17.2. The predicted molar refractivity (Wildman–Crippen MR) is 107 cm³/mol. The van der Waals surface area contributed by atoms with Crippen molar-refractivity contribution >= 4 is 27.6 Å². The lowest BCUT2D eigenvalue weighted by molar-refractivity contribution is -0.120. The number of thiazole rings is 1. The zero-order valence-electron chi connectivity index (χ0n) is 16.3. The van der Waals surface area contributed by atoms with Gasteiger partial charge in [-0.05, 0) is 50.5 Å². The molecule has 0 bridgehead atoms. The molecular formula is C20H27N3O4S. The summed E-state index contributed by atoms with van der Waals surface area (Å²) in [5.74, 6) is 1.80. The van der Waals surface area contributed by atoms with Gasteiger partial charge in [0.15, 0.2) is 4.83 Å². The van der Waals surface area contributed by atoms with Gasteiger partial charge in [-0.25, -0.2) is 9.97 Å². The van der Waals surface area contributed by atoms with Crippen LogP contribution < -0.4 is 14.8 Å². The van der Waals surface area contributed by atoms with E-state index >= 15 is 0 Å². The second kappa shape index (κ2) is 8.61. The molecule has 7 nitrogen and oxygen atoms in total. The minimum Gasteiger partial charge on any atom is -0.477 e. The SMILES string of the molecule is CC(=O)N[C@@H](C)CO[C@H]1C[C@H](COc2ccc3nc(OCC4CC4)sc3n2)C1. The van der Waals surface area contributed by atoms with Crippen molar-refractivity contribution in [2.75, 3.05) is 19.8 Å². The van der Waals surface area contributed by atoms with E-state index in [2.05, 4.69) is 15.3 Å². The van der Waals surface area contributed by atoms with Gasteiger partial charge in [0.2, 0.25) is 11.8 Å². The number of rotatable bonds is 10. The summed E-state index contributed by atoms with van der Waals surface area (Å²) in [6, 6.07) is 3.85. The molecule has 0 saturated heterocycles. The number of amides is 1. The van der Waals surface area contributed by atoms with Crippen molar-refractivity contribution in [3.63, 3.8) is 0 Å². The van der Waals surface area contributed by atoms with Gasteiger partial charge in [-0.1, -0.05) is 11.3 Å². The van der Waals surface area contributed by atoms with E-state index in [1.807, 2.05) is 19.1 Å². The molecule has 2 aromatic rings. The number of ether oxygens (including phenoxy) is 3. The summed E-state index contributed by atoms with van der Waals surface area (Å²) in [5.41, 5.74) is 0.855. The molecular weight excluding hydrogens is 378 g/mol. The molecule has 0 aromatic carbocycles. The fourth-order valence-electron chi connectivity index (χ4n) is 3.21. The second-order valence-electron chi connectivity index (χ2n) is 7.91. The third-order valence-corrected chi connectivity index (χ3v) is 5.92. The first kappa shape index (κ1) is 19.4. The van der Waals surface area contributed by atoms with E-state index in [1.165, 1.54) is 31.1 Å². The highest BCUT2D eigenvalue weighted by molar-refractivity contribution is 7.19. The van der Waals surface area contributed by atoms with Crippen LogP contribution in [0.4, 0.5) is 0 Å². The molecule has 0 unspecified atom stereocenters. The largest absolute Gasteiger partial charge is 0.477 e. The third kappa shape index (κ3) is 5.32. The molecule has 2 heterocycles. The van der Waals surface area contributed by atoms with Crippen LogP contribution in [-0.4, -0.2) is 47.8 Å². The second-order valence-corrected chi connectivity index (χ2v) is 8.85. The van der Waals surface area contributed by atoms with Crippen molar-refractivity contribution < 1.29 is 19.0 Å². The van der Waals surface area contributed by atoms with Gasteiger partial charge in [0, 0.05) is 19.0 Å². The lowest BCUT2D eigenvalue weighted by Gasteiger charge is -2.35. The van der Waals surface area contributed by atoms with Crippen LogP contribution >= 0.6 is 11.3 Å². The maximum atomic E-state index is 11.0. The Hall–Kier alpha value is -1.93. The Balaban J connectivity index is 1.18. The first-order chi connectivity index (χ1) is 13.5. The van der Waals surface area contributed by atoms with Crippen LogP contribution in [0.15, 0.2) is 12.1 Å². The molecule has 0 aliphatic heterocycles. The number of carbonyl (C=O) groups is 1. The normalized spacial score (nSPS) is 22.5. The molecule has 0 spiro atoms. The van der Waals surface area contributed by atoms with Gasteiger partial charge in [0.25, 0.3) is 5.19 Å². The predicted octanol–water partition coefficient (Wildman–Crippen LogP) is 3.18. The maximum Gasteiger partial charge on any atom is 0.275 e. The Morgan fingerprint density at radius 2 is 2.00 bits per heavy atom. The summed E-state index contributed by atoms with van der Waals surface area (Å²) in [6.45, 7) is 5.42. The molecule has 2 saturated carbocycles.